The summed E-state index contributed by atoms with van der Waals surface area (Å²) in [7, 11) is 1.61. The maximum Gasteiger partial charge on any atom is 0.264 e. The van der Waals surface area contributed by atoms with Crippen LogP contribution in [0, 0.1) is 6.92 Å². The van der Waals surface area contributed by atoms with E-state index in [0.29, 0.717) is 17.3 Å². The zero-order valence-corrected chi connectivity index (χ0v) is 21.1. The third kappa shape index (κ3) is 9.59. The smallest absolute Gasteiger partial charge is 0.264 e. The second-order valence-corrected chi connectivity index (χ2v) is 9.49. The van der Waals surface area contributed by atoms with Crippen LogP contribution < -0.4 is 26.5 Å². The molecule has 3 aromatic rings. The molecule has 0 unspecified atom stereocenters. The third-order valence-electron chi connectivity index (χ3n) is 4.04. The van der Waals surface area contributed by atoms with Crippen LogP contribution in [-0.2, 0) is 4.79 Å². The highest BCUT2D eigenvalue weighted by Gasteiger charge is 2.05. The van der Waals surface area contributed by atoms with Gasteiger partial charge in [0.15, 0.2) is 0 Å². The minimum atomic E-state index is -0.621. The number of carbonyl (C=O) groups excluding carboxylic acids is 1. The number of rotatable bonds is 9. The topological polar surface area (TPSA) is 139 Å². The number of hydrogen-bond donors (Lipinski definition) is 5. The molecular formula is C22H27ClN6O3S2. The highest BCUT2D eigenvalue weighted by molar-refractivity contribution is 7.99. The van der Waals surface area contributed by atoms with E-state index in [9.17, 15) is 4.79 Å². The minimum Gasteiger partial charge on any atom is -0.495 e. The second kappa shape index (κ2) is 14.5. The standard InChI is InChI=1S/C14H18N6O2S2.C8H9ClO/c15-10(8-20(16)9-13(21)19-22)7-18-24-14-5-4-12(23-14)11-3-1-2-6-17-11;1-6-3-4-8(10-2)7(9)5-6/h1-6,8,18,22H,7,9,15-16H2,(H,19,21);3-5H,1-2H3/b10-8-;. The summed E-state index contributed by atoms with van der Waals surface area (Å²) in [4.78, 5) is 16.4. The largest absolute Gasteiger partial charge is 0.495 e. The van der Waals surface area contributed by atoms with Crippen LogP contribution in [0.3, 0.4) is 0 Å². The lowest BCUT2D eigenvalue weighted by Gasteiger charge is -2.13. The number of hydroxylamine groups is 1. The van der Waals surface area contributed by atoms with Gasteiger partial charge in [0.2, 0.25) is 0 Å². The van der Waals surface area contributed by atoms with E-state index < -0.39 is 5.91 Å². The highest BCUT2D eigenvalue weighted by atomic mass is 35.5. The molecule has 0 fully saturated rings. The molecule has 0 radical (unpaired) electrons. The van der Waals surface area contributed by atoms with Crippen LogP contribution in [0.1, 0.15) is 5.56 Å². The summed E-state index contributed by atoms with van der Waals surface area (Å²) in [5.41, 5.74) is 9.85. The number of benzene rings is 1. The van der Waals surface area contributed by atoms with Crippen molar-refractivity contribution in [2.75, 3.05) is 20.2 Å². The molecule has 3 rings (SSSR count). The third-order valence-corrected chi connectivity index (χ3v) is 6.36. The van der Waals surface area contributed by atoms with Crippen molar-refractivity contribution in [3.8, 4) is 16.3 Å². The molecule has 0 atom stereocenters. The van der Waals surface area contributed by atoms with Gasteiger partial charge in [0.25, 0.3) is 5.91 Å². The summed E-state index contributed by atoms with van der Waals surface area (Å²) < 4.78 is 9.16. The van der Waals surface area contributed by atoms with Gasteiger partial charge >= 0.3 is 0 Å². The molecule has 0 aliphatic carbocycles. The Morgan fingerprint density at radius 1 is 1.32 bits per heavy atom. The zero-order chi connectivity index (χ0) is 24.9. The summed E-state index contributed by atoms with van der Waals surface area (Å²) in [6, 6.07) is 15.5. The number of amides is 1. The molecule has 182 valence electrons. The Morgan fingerprint density at radius 3 is 2.76 bits per heavy atom. The molecule has 0 aliphatic rings. The average molecular weight is 523 g/mol. The number of hydrogen-bond acceptors (Lipinski definition) is 10. The van der Waals surface area contributed by atoms with E-state index in [-0.39, 0.29) is 6.54 Å². The van der Waals surface area contributed by atoms with Crippen molar-refractivity contribution < 1.29 is 14.7 Å². The first kappa shape index (κ1) is 27.4. The summed E-state index contributed by atoms with van der Waals surface area (Å²) in [6.07, 6.45) is 3.19. The molecule has 12 heteroatoms. The van der Waals surface area contributed by atoms with E-state index in [2.05, 4.69) is 9.71 Å². The van der Waals surface area contributed by atoms with Crippen molar-refractivity contribution in [3.63, 3.8) is 0 Å². The number of methoxy groups -OCH3 is 1. The fraction of sp³-hybridized carbons (Fsp3) is 0.182. The molecule has 2 aromatic heterocycles. The number of halogens is 1. The number of nitrogens with zero attached hydrogens (tertiary/aromatic N) is 2. The number of thiophene rings is 1. The van der Waals surface area contributed by atoms with Crippen LogP contribution in [0.25, 0.3) is 10.6 Å². The molecule has 34 heavy (non-hydrogen) atoms. The van der Waals surface area contributed by atoms with Gasteiger partial charge in [-0.25, -0.2) is 11.3 Å². The van der Waals surface area contributed by atoms with Gasteiger partial charge in [-0.15, -0.1) is 11.3 Å². The molecule has 1 aromatic carbocycles. The van der Waals surface area contributed by atoms with Gasteiger partial charge in [-0.1, -0.05) is 23.7 Å². The van der Waals surface area contributed by atoms with Crippen molar-refractivity contribution in [2.45, 2.75) is 11.1 Å². The number of ether oxygens (including phenoxy) is 1. The second-order valence-electron chi connectivity index (χ2n) is 6.81. The zero-order valence-electron chi connectivity index (χ0n) is 18.7. The van der Waals surface area contributed by atoms with Crippen molar-refractivity contribution in [1.29, 1.82) is 0 Å². The molecule has 0 saturated heterocycles. The van der Waals surface area contributed by atoms with Crippen molar-refractivity contribution in [3.05, 3.63) is 77.2 Å². The number of hydrazine groups is 1. The molecule has 9 nitrogen and oxygen atoms in total. The van der Waals surface area contributed by atoms with Gasteiger partial charge in [-0.05, 0) is 60.8 Å². The molecule has 2 heterocycles. The average Bonchev–Trinajstić information content (AvgIpc) is 3.29. The number of nitrogens with one attached hydrogen (secondary N) is 2. The Hall–Kier alpha value is -2.80. The Labute approximate surface area is 211 Å². The number of carbonyl (C=O) groups is 1. The fourth-order valence-electron chi connectivity index (χ4n) is 2.49. The predicted molar refractivity (Wildman–Crippen MR) is 137 cm³/mol. The van der Waals surface area contributed by atoms with E-state index in [1.165, 1.54) is 23.6 Å². The number of nitrogens with two attached hydrogens (primary N) is 2. The maximum atomic E-state index is 10.9. The van der Waals surface area contributed by atoms with Crippen LogP contribution in [0.5, 0.6) is 5.75 Å². The van der Waals surface area contributed by atoms with E-state index in [1.807, 2.05) is 55.5 Å². The summed E-state index contributed by atoms with van der Waals surface area (Å²) in [6.45, 7) is 2.18. The number of aromatic nitrogens is 1. The fourth-order valence-corrected chi connectivity index (χ4v) is 4.65. The van der Waals surface area contributed by atoms with E-state index in [0.717, 1.165) is 31.1 Å². The Bertz CT molecular complexity index is 1080. The van der Waals surface area contributed by atoms with Crippen LogP contribution in [0.4, 0.5) is 0 Å². The van der Waals surface area contributed by atoms with Crippen LogP contribution in [0.2, 0.25) is 5.02 Å². The molecule has 0 bridgehead atoms. The number of aryl methyl sites for hydroxylation is 1. The van der Waals surface area contributed by atoms with Crippen LogP contribution >= 0.6 is 34.9 Å². The molecule has 1 amide bonds. The Morgan fingerprint density at radius 2 is 2.12 bits per heavy atom. The van der Waals surface area contributed by atoms with Crippen LogP contribution in [0.15, 0.2) is 70.8 Å². The molecule has 7 N–H and O–H groups in total. The first-order valence-corrected chi connectivity index (χ1v) is 11.9. The number of pyridine rings is 1. The van der Waals surface area contributed by atoms with Crippen molar-refractivity contribution in [1.82, 2.24) is 20.2 Å². The first-order chi connectivity index (χ1) is 16.3. The van der Waals surface area contributed by atoms with Gasteiger partial charge in [0.05, 0.1) is 26.9 Å². The van der Waals surface area contributed by atoms with E-state index in [4.69, 9.17) is 33.1 Å². The quantitative estimate of drug-likeness (QED) is 0.123. The van der Waals surface area contributed by atoms with E-state index in [1.54, 1.807) is 24.6 Å². The normalized spacial score (nSPS) is 10.8. The first-order valence-electron chi connectivity index (χ1n) is 9.94. The lowest BCUT2D eigenvalue weighted by molar-refractivity contribution is -0.129. The molecule has 0 aliphatic heterocycles. The van der Waals surface area contributed by atoms with Gasteiger partial charge in [-0.2, -0.15) is 0 Å². The van der Waals surface area contributed by atoms with Gasteiger partial charge in [-0.3, -0.25) is 19.7 Å². The van der Waals surface area contributed by atoms with Gasteiger partial charge in [0.1, 0.15) is 12.3 Å². The highest BCUT2D eigenvalue weighted by Crippen LogP contribution is 2.31. The van der Waals surface area contributed by atoms with E-state index >= 15 is 0 Å². The molecular weight excluding hydrogens is 496 g/mol. The van der Waals surface area contributed by atoms with Gasteiger partial charge < -0.3 is 15.5 Å². The van der Waals surface area contributed by atoms with Crippen molar-refractivity contribution >= 4 is 40.8 Å². The Kier molecular flexibility index (Phi) is 11.7. The minimum absolute atomic E-state index is 0.192. The summed E-state index contributed by atoms with van der Waals surface area (Å²) in [5.74, 6) is 5.68. The van der Waals surface area contributed by atoms with Crippen LogP contribution in [-0.4, -0.2) is 41.3 Å². The summed E-state index contributed by atoms with van der Waals surface area (Å²) in [5, 5.41) is 10.2. The lowest BCUT2D eigenvalue weighted by atomic mass is 10.2. The monoisotopic (exact) mass is 522 g/mol. The van der Waals surface area contributed by atoms with Gasteiger partial charge in [0, 0.05) is 24.6 Å². The predicted octanol–water partition coefficient (Wildman–Crippen LogP) is 3.55. The lowest BCUT2D eigenvalue weighted by Crippen LogP contribution is -2.37. The maximum absolute atomic E-state index is 10.9. The van der Waals surface area contributed by atoms with Crippen molar-refractivity contribution in [2.24, 2.45) is 11.6 Å². The molecule has 0 spiro atoms. The molecule has 0 saturated carbocycles. The summed E-state index contributed by atoms with van der Waals surface area (Å²) >= 11 is 8.88. The SMILES string of the molecule is COc1ccc(C)cc1Cl.N/C(=C\N(N)CC(=O)NO)CNSc1ccc(-c2ccccn2)s1. The Balaban J connectivity index is 0.000000340.